The lowest BCUT2D eigenvalue weighted by molar-refractivity contribution is 0.102. The van der Waals surface area contributed by atoms with Gasteiger partial charge in [0.2, 0.25) is 5.89 Å². The van der Waals surface area contributed by atoms with Gasteiger partial charge in [0.05, 0.1) is 5.75 Å². The number of hydrogen-bond donors (Lipinski definition) is 0. The number of ketones is 1. The lowest BCUT2D eigenvalue weighted by Gasteiger charge is -2.07. The van der Waals surface area contributed by atoms with Crippen LogP contribution in [0, 0.1) is 13.8 Å². The second-order valence-corrected chi connectivity index (χ2v) is 6.81. The van der Waals surface area contributed by atoms with Crippen molar-refractivity contribution in [2.45, 2.75) is 39.0 Å². The quantitative estimate of drug-likeness (QED) is 0.460. The van der Waals surface area contributed by atoms with Crippen molar-refractivity contribution in [3.8, 4) is 11.5 Å². The Morgan fingerprint density at radius 1 is 1.20 bits per heavy atom. The summed E-state index contributed by atoms with van der Waals surface area (Å²) >= 11 is 1.28. The van der Waals surface area contributed by atoms with Gasteiger partial charge in [-0.15, -0.1) is 10.2 Å². The number of benzene rings is 1. The fraction of sp³-hybridized carbons (Fsp3) is 0.316. The lowest BCUT2D eigenvalue weighted by Crippen LogP contribution is -2.06. The Balaban J connectivity index is 1.67. The minimum atomic E-state index is 0.0833. The zero-order chi connectivity index (χ0) is 17.8. The second-order valence-electron chi connectivity index (χ2n) is 5.89. The van der Waals surface area contributed by atoms with Crippen LogP contribution in [0.3, 0.4) is 0 Å². The van der Waals surface area contributed by atoms with Gasteiger partial charge in [0, 0.05) is 29.1 Å². The Labute approximate surface area is 151 Å². The van der Waals surface area contributed by atoms with Gasteiger partial charge in [-0.1, -0.05) is 36.9 Å². The van der Waals surface area contributed by atoms with Crippen LogP contribution in [0.15, 0.2) is 46.0 Å². The molecule has 25 heavy (non-hydrogen) atoms. The Hall–Kier alpha value is -2.34. The first kappa shape index (κ1) is 17.5. The maximum absolute atomic E-state index is 12.6. The van der Waals surface area contributed by atoms with Crippen molar-refractivity contribution >= 4 is 17.5 Å². The molecule has 0 atom stereocenters. The normalized spacial score (nSPS) is 11.0. The molecule has 0 aliphatic carbocycles. The number of aromatic nitrogens is 3. The van der Waals surface area contributed by atoms with Gasteiger partial charge in [-0.05, 0) is 38.5 Å². The highest BCUT2D eigenvalue weighted by Crippen LogP contribution is 2.24. The third kappa shape index (κ3) is 3.85. The summed E-state index contributed by atoms with van der Waals surface area (Å²) in [5, 5.41) is 8.48. The van der Waals surface area contributed by atoms with Gasteiger partial charge in [-0.2, -0.15) is 0 Å². The molecule has 130 valence electrons. The predicted molar refractivity (Wildman–Crippen MR) is 99.0 cm³/mol. The van der Waals surface area contributed by atoms with E-state index in [1.54, 1.807) is 0 Å². The molecule has 2 heterocycles. The van der Waals surface area contributed by atoms with E-state index in [9.17, 15) is 4.79 Å². The molecule has 0 saturated heterocycles. The molecule has 0 bridgehead atoms. The fourth-order valence-electron chi connectivity index (χ4n) is 2.82. The number of rotatable bonds is 7. The van der Waals surface area contributed by atoms with E-state index in [-0.39, 0.29) is 11.5 Å². The summed E-state index contributed by atoms with van der Waals surface area (Å²) in [5.41, 5.74) is 3.80. The highest BCUT2D eigenvalue weighted by molar-refractivity contribution is 7.99. The Morgan fingerprint density at radius 2 is 1.96 bits per heavy atom. The van der Waals surface area contributed by atoms with E-state index >= 15 is 0 Å². The van der Waals surface area contributed by atoms with E-state index in [1.165, 1.54) is 11.8 Å². The molecule has 6 heteroatoms. The van der Waals surface area contributed by atoms with Crippen LogP contribution in [0.25, 0.3) is 11.5 Å². The van der Waals surface area contributed by atoms with Crippen molar-refractivity contribution in [3.05, 3.63) is 53.3 Å². The van der Waals surface area contributed by atoms with Gasteiger partial charge < -0.3 is 8.98 Å². The van der Waals surface area contributed by atoms with Crippen LogP contribution in [0.2, 0.25) is 0 Å². The lowest BCUT2D eigenvalue weighted by atomic mass is 10.2. The summed E-state index contributed by atoms with van der Waals surface area (Å²) < 4.78 is 7.83. The SMILES string of the molecule is CCCn1c(C)cc(C(=O)CSc2nnc(-c3ccccc3)o2)c1C. The molecule has 0 radical (unpaired) electrons. The molecule has 3 aromatic rings. The van der Waals surface area contributed by atoms with E-state index < -0.39 is 0 Å². The van der Waals surface area contributed by atoms with Crippen molar-refractivity contribution in [2.24, 2.45) is 0 Å². The van der Waals surface area contributed by atoms with Gasteiger partial charge in [-0.25, -0.2) is 0 Å². The number of carbonyl (C=O) groups excluding carboxylic acids is 1. The van der Waals surface area contributed by atoms with Crippen molar-refractivity contribution in [1.29, 1.82) is 0 Å². The number of Topliss-reactive ketones (excluding diaryl/α,β-unsaturated/α-hetero) is 1. The van der Waals surface area contributed by atoms with Crippen molar-refractivity contribution < 1.29 is 9.21 Å². The summed E-state index contributed by atoms with van der Waals surface area (Å²) in [7, 11) is 0. The first-order chi connectivity index (χ1) is 12.1. The molecule has 0 aliphatic heterocycles. The van der Waals surface area contributed by atoms with Gasteiger partial charge in [0.25, 0.3) is 5.22 Å². The monoisotopic (exact) mass is 355 g/mol. The Morgan fingerprint density at radius 3 is 2.68 bits per heavy atom. The summed E-state index contributed by atoms with van der Waals surface area (Å²) in [6.45, 7) is 7.11. The summed E-state index contributed by atoms with van der Waals surface area (Å²) in [4.78, 5) is 12.6. The maximum atomic E-state index is 12.6. The minimum Gasteiger partial charge on any atom is -0.411 e. The molecule has 2 aromatic heterocycles. The molecular weight excluding hydrogens is 334 g/mol. The molecule has 0 fully saturated rings. The van der Waals surface area contributed by atoms with Crippen LogP contribution in [-0.2, 0) is 6.54 Å². The zero-order valence-corrected chi connectivity index (χ0v) is 15.5. The molecular formula is C19H21N3O2S. The van der Waals surface area contributed by atoms with Gasteiger partial charge in [-0.3, -0.25) is 4.79 Å². The number of thioether (sulfide) groups is 1. The molecule has 3 rings (SSSR count). The predicted octanol–water partition coefficient (Wildman–Crippen LogP) is 4.54. The molecule has 0 amide bonds. The summed E-state index contributed by atoms with van der Waals surface area (Å²) in [6.07, 6.45) is 1.04. The van der Waals surface area contributed by atoms with Crippen LogP contribution in [0.1, 0.15) is 35.1 Å². The largest absolute Gasteiger partial charge is 0.411 e. The van der Waals surface area contributed by atoms with E-state index in [1.807, 2.05) is 50.2 Å². The molecule has 0 unspecified atom stereocenters. The molecule has 1 aromatic carbocycles. The molecule has 0 saturated carbocycles. The van der Waals surface area contributed by atoms with E-state index in [4.69, 9.17) is 4.42 Å². The fourth-order valence-corrected chi connectivity index (χ4v) is 3.47. The standard InChI is InChI=1S/C19H21N3O2S/c1-4-10-22-13(2)11-16(14(22)3)17(23)12-25-19-21-20-18(24-19)15-8-6-5-7-9-15/h5-9,11H,4,10,12H2,1-3H3. The molecule has 0 N–H and O–H groups in total. The average molecular weight is 355 g/mol. The molecule has 0 aliphatic rings. The zero-order valence-electron chi connectivity index (χ0n) is 14.7. The van der Waals surface area contributed by atoms with E-state index in [0.29, 0.717) is 11.1 Å². The van der Waals surface area contributed by atoms with E-state index in [2.05, 4.69) is 21.7 Å². The van der Waals surface area contributed by atoms with Gasteiger partial charge in [0.1, 0.15) is 0 Å². The Kier molecular flexibility index (Phi) is 5.38. The number of hydrogen-bond acceptors (Lipinski definition) is 5. The van der Waals surface area contributed by atoms with Crippen LogP contribution in [0.5, 0.6) is 0 Å². The van der Waals surface area contributed by atoms with Crippen LogP contribution in [-0.4, -0.2) is 26.3 Å². The van der Waals surface area contributed by atoms with E-state index in [0.717, 1.165) is 35.5 Å². The maximum Gasteiger partial charge on any atom is 0.277 e. The van der Waals surface area contributed by atoms with Crippen molar-refractivity contribution in [3.63, 3.8) is 0 Å². The highest BCUT2D eigenvalue weighted by atomic mass is 32.2. The highest BCUT2D eigenvalue weighted by Gasteiger charge is 2.17. The number of nitrogens with zero attached hydrogens (tertiary/aromatic N) is 3. The molecule has 0 spiro atoms. The second kappa shape index (κ2) is 7.70. The first-order valence-electron chi connectivity index (χ1n) is 8.31. The third-order valence-corrected chi connectivity index (χ3v) is 4.89. The third-order valence-electron chi connectivity index (χ3n) is 4.08. The topological polar surface area (TPSA) is 60.9 Å². The molecule has 5 nitrogen and oxygen atoms in total. The summed E-state index contributed by atoms with van der Waals surface area (Å²) in [5.74, 6) is 0.837. The van der Waals surface area contributed by atoms with Crippen molar-refractivity contribution in [1.82, 2.24) is 14.8 Å². The van der Waals surface area contributed by atoms with Crippen LogP contribution in [0.4, 0.5) is 0 Å². The minimum absolute atomic E-state index is 0.0833. The average Bonchev–Trinajstić information content (AvgIpc) is 3.21. The smallest absolute Gasteiger partial charge is 0.277 e. The van der Waals surface area contributed by atoms with Gasteiger partial charge >= 0.3 is 0 Å². The summed E-state index contributed by atoms with van der Waals surface area (Å²) in [6, 6.07) is 11.6. The van der Waals surface area contributed by atoms with Crippen molar-refractivity contribution in [2.75, 3.05) is 5.75 Å². The number of aryl methyl sites for hydroxylation is 1. The Bertz CT molecular complexity index is 868. The first-order valence-corrected chi connectivity index (χ1v) is 9.30. The van der Waals surface area contributed by atoms with Crippen LogP contribution < -0.4 is 0 Å². The van der Waals surface area contributed by atoms with Gasteiger partial charge in [0.15, 0.2) is 5.78 Å². The van der Waals surface area contributed by atoms with Crippen LogP contribution >= 0.6 is 11.8 Å². The number of carbonyl (C=O) groups is 1.